The molecule has 2 fully saturated rings. The molecule has 0 spiro atoms. The number of carbonyl (C=O) groups is 1. The maximum absolute atomic E-state index is 15.9. The van der Waals surface area contributed by atoms with Crippen molar-refractivity contribution in [1.82, 2.24) is 15.1 Å². The van der Waals surface area contributed by atoms with E-state index in [0.29, 0.717) is 49.7 Å². The molecular formula is C41H50FN3O4. The number of halogens is 1. The Morgan fingerprint density at radius 3 is 2.20 bits per heavy atom. The second-order valence-corrected chi connectivity index (χ2v) is 14.5. The molecule has 6 rings (SSSR count). The summed E-state index contributed by atoms with van der Waals surface area (Å²) in [4.78, 5) is 16.7. The van der Waals surface area contributed by atoms with Gasteiger partial charge in [-0.1, -0.05) is 72.8 Å². The lowest BCUT2D eigenvalue weighted by Crippen LogP contribution is -2.55. The predicted octanol–water partition coefficient (Wildman–Crippen LogP) is 7.99. The quantitative estimate of drug-likeness (QED) is 0.224. The zero-order chi connectivity index (χ0) is 34.4. The molecule has 260 valence electrons. The average molecular weight is 668 g/mol. The Bertz CT molecular complexity index is 1620. The molecule has 2 aliphatic heterocycles. The molecule has 3 aromatic carbocycles. The topological polar surface area (TPSA) is 63.3 Å². The van der Waals surface area contributed by atoms with Crippen molar-refractivity contribution in [2.24, 2.45) is 5.92 Å². The Hall–Kier alpha value is -4.14. The van der Waals surface area contributed by atoms with Crippen molar-refractivity contribution in [3.8, 4) is 0 Å². The second kappa shape index (κ2) is 15.6. The van der Waals surface area contributed by atoms with Crippen LogP contribution in [0.4, 0.5) is 9.18 Å². The first-order valence-electron chi connectivity index (χ1n) is 17.6. The van der Waals surface area contributed by atoms with E-state index in [0.717, 1.165) is 66.6 Å². The molecule has 1 atom stereocenters. The van der Waals surface area contributed by atoms with E-state index in [1.54, 1.807) is 0 Å². The van der Waals surface area contributed by atoms with E-state index in [1.807, 2.05) is 118 Å². The smallest absolute Gasteiger partial charge is 0.410 e. The van der Waals surface area contributed by atoms with E-state index >= 15 is 4.39 Å². The van der Waals surface area contributed by atoms with Gasteiger partial charge in [-0.05, 0) is 99.3 Å². The molecular weight excluding hydrogens is 617 g/mol. The van der Waals surface area contributed by atoms with E-state index in [2.05, 4.69) is 10.2 Å². The van der Waals surface area contributed by atoms with Crippen LogP contribution in [0, 0.1) is 18.7 Å². The third-order valence-corrected chi connectivity index (χ3v) is 9.73. The Balaban J connectivity index is 1.05. The van der Waals surface area contributed by atoms with Crippen molar-refractivity contribution in [2.75, 3.05) is 26.2 Å². The number of allylic oxidation sites excluding steroid dienone is 2. The van der Waals surface area contributed by atoms with Gasteiger partial charge >= 0.3 is 6.09 Å². The molecule has 2 heterocycles. The third kappa shape index (κ3) is 9.11. The number of benzene rings is 3. The van der Waals surface area contributed by atoms with E-state index in [1.165, 1.54) is 0 Å². The number of amides is 1. The SMILES string of the molecule is Cc1c(C2=C(OCc3ccccc3)NC(OCc3ccccc3)C=C2)ccc(CCC2CC(N3CCN(C(=O)OC(C)(C)C)CC3)C2)c1F. The molecule has 1 unspecified atom stereocenters. The van der Waals surface area contributed by atoms with Crippen LogP contribution in [0.3, 0.4) is 0 Å². The molecule has 0 bridgehead atoms. The Morgan fingerprint density at radius 2 is 1.55 bits per heavy atom. The first-order valence-corrected chi connectivity index (χ1v) is 17.6. The standard InChI is InChI=1S/C41H50FN3O4/c1-29-35(36-19-20-37(47-27-30-11-7-5-8-12-30)43-39(36)48-28-31-13-9-6-10-14-31)18-17-33(38(29)42)16-15-32-25-34(26-32)44-21-23-45(24-22-44)40(46)49-41(2,3)4/h5-14,17-20,32,34,37,43H,15-16,21-28H2,1-4H3. The van der Waals surface area contributed by atoms with Crippen LogP contribution in [0.25, 0.3) is 5.57 Å². The molecule has 7 nitrogen and oxygen atoms in total. The molecule has 1 saturated heterocycles. The predicted molar refractivity (Wildman–Crippen MR) is 191 cm³/mol. The van der Waals surface area contributed by atoms with Crippen LogP contribution in [-0.4, -0.2) is 59.9 Å². The number of carbonyl (C=O) groups excluding carboxylic acids is 1. The molecule has 49 heavy (non-hydrogen) atoms. The largest absolute Gasteiger partial charge is 0.474 e. The summed E-state index contributed by atoms with van der Waals surface area (Å²) in [5.74, 6) is 1.02. The summed E-state index contributed by atoms with van der Waals surface area (Å²) in [5.41, 5.74) is 4.67. The van der Waals surface area contributed by atoms with Crippen molar-refractivity contribution in [3.63, 3.8) is 0 Å². The van der Waals surface area contributed by atoms with Gasteiger partial charge in [-0.25, -0.2) is 9.18 Å². The third-order valence-electron chi connectivity index (χ3n) is 9.73. The van der Waals surface area contributed by atoms with Crippen LogP contribution in [0.15, 0.2) is 90.8 Å². The minimum Gasteiger partial charge on any atom is -0.474 e. The van der Waals surface area contributed by atoms with Crippen molar-refractivity contribution < 1.29 is 23.4 Å². The highest BCUT2D eigenvalue weighted by Gasteiger charge is 2.36. The summed E-state index contributed by atoms with van der Waals surface area (Å²) in [6.07, 6.45) is 7.30. The molecule has 3 aromatic rings. The maximum Gasteiger partial charge on any atom is 0.410 e. The Kier molecular flexibility index (Phi) is 11.1. The Labute approximate surface area is 290 Å². The number of aryl methyl sites for hydroxylation is 1. The summed E-state index contributed by atoms with van der Waals surface area (Å²) in [6.45, 7) is 11.6. The van der Waals surface area contributed by atoms with E-state index < -0.39 is 5.60 Å². The van der Waals surface area contributed by atoms with Crippen LogP contribution < -0.4 is 5.32 Å². The number of nitrogens with zero attached hydrogens (tertiary/aromatic N) is 2. The number of dihydropyridines is 1. The summed E-state index contributed by atoms with van der Waals surface area (Å²) in [7, 11) is 0. The van der Waals surface area contributed by atoms with Crippen LogP contribution in [0.1, 0.15) is 67.9 Å². The van der Waals surface area contributed by atoms with Crippen LogP contribution in [-0.2, 0) is 33.8 Å². The fraction of sp³-hybridized carbons (Fsp3) is 0.439. The highest BCUT2D eigenvalue weighted by Crippen LogP contribution is 2.37. The lowest BCUT2D eigenvalue weighted by atomic mass is 9.76. The second-order valence-electron chi connectivity index (χ2n) is 14.5. The van der Waals surface area contributed by atoms with Gasteiger partial charge in [0.2, 0.25) is 0 Å². The van der Waals surface area contributed by atoms with Gasteiger partial charge in [-0.2, -0.15) is 0 Å². The van der Waals surface area contributed by atoms with E-state index in [9.17, 15) is 4.79 Å². The van der Waals surface area contributed by atoms with Crippen molar-refractivity contribution >= 4 is 11.7 Å². The highest BCUT2D eigenvalue weighted by atomic mass is 19.1. The molecule has 1 amide bonds. The highest BCUT2D eigenvalue weighted by molar-refractivity contribution is 5.78. The van der Waals surface area contributed by atoms with Crippen molar-refractivity contribution in [2.45, 2.75) is 84.5 Å². The zero-order valence-corrected chi connectivity index (χ0v) is 29.3. The number of nitrogens with one attached hydrogen (secondary N) is 1. The molecule has 1 saturated carbocycles. The van der Waals surface area contributed by atoms with Gasteiger partial charge in [0.15, 0.2) is 5.88 Å². The van der Waals surface area contributed by atoms with Gasteiger partial charge in [0.25, 0.3) is 0 Å². The van der Waals surface area contributed by atoms with E-state index in [4.69, 9.17) is 14.2 Å². The summed E-state index contributed by atoms with van der Waals surface area (Å²) >= 11 is 0. The van der Waals surface area contributed by atoms with Gasteiger partial charge in [-0.3, -0.25) is 4.90 Å². The van der Waals surface area contributed by atoms with Gasteiger partial charge in [-0.15, -0.1) is 0 Å². The van der Waals surface area contributed by atoms with Gasteiger partial charge < -0.3 is 24.4 Å². The molecule has 3 aliphatic rings. The van der Waals surface area contributed by atoms with Crippen LogP contribution in [0.2, 0.25) is 0 Å². The molecule has 1 aliphatic carbocycles. The summed E-state index contributed by atoms with van der Waals surface area (Å²) in [5, 5.41) is 3.40. The van der Waals surface area contributed by atoms with Crippen LogP contribution >= 0.6 is 0 Å². The monoisotopic (exact) mass is 667 g/mol. The fourth-order valence-electron chi connectivity index (χ4n) is 6.85. The van der Waals surface area contributed by atoms with Gasteiger partial charge in [0.05, 0.1) is 6.61 Å². The minimum atomic E-state index is -0.475. The first kappa shape index (κ1) is 34.7. The number of hydrogen-bond acceptors (Lipinski definition) is 6. The number of rotatable bonds is 11. The molecule has 8 heteroatoms. The molecule has 0 aromatic heterocycles. The zero-order valence-electron chi connectivity index (χ0n) is 29.3. The van der Waals surface area contributed by atoms with Gasteiger partial charge in [0, 0.05) is 37.8 Å². The molecule has 0 radical (unpaired) electrons. The number of piperazine rings is 1. The average Bonchev–Trinajstić information content (AvgIpc) is 3.08. The fourth-order valence-corrected chi connectivity index (χ4v) is 6.85. The van der Waals surface area contributed by atoms with E-state index in [-0.39, 0.29) is 18.1 Å². The number of ether oxygens (including phenoxy) is 3. The lowest BCUT2D eigenvalue weighted by Gasteiger charge is -2.46. The van der Waals surface area contributed by atoms with Crippen molar-refractivity contribution in [1.29, 1.82) is 0 Å². The normalized spacial score (nSPS) is 21.2. The molecule has 1 N–H and O–H groups in total. The minimum absolute atomic E-state index is 0.141. The maximum atomic E-state index is 15.9. The van der Waals surface area contributed by atoms with Gasteiger partial charge in [0.1, 0.15) is 24.3 Å². The Morgan fingerprint density at radius 1 is 0.898 bits per heavy atom. The first-order chi connectivity index (χ1) is 23.6. The van der Waals surface area contributed by atoms with Crippen molar-refractivity contribution in [3.05, 3.63) is 124 Å². The van der Waals surface area contributed by atoms with Crippen LogP contribution in [0.5, 0.6) is 0 Å². The summed E-state index contributed by atoms with van der Waals surface area (Å²) < 4.78 is 34.0. The lowest BCUT2D eigenvalue weighted by molar-refractivity contribution is -0.00243. The number of hydrogen-bond donors (Lipinski definition) is 1. The summed E-state index contributed by atoms with van der Waals surface area (Å²) in [6, 6.07) is 24.6.